The van der Waals surface area contributed by atoms with Gasteiger partial charge in [-0.2, -0.15) is 9.41 Å². The number of rotatable bonds is 8. The van der Waals surface area contributed by atoms with E-state index in [1.165, 1.54) is 22.7 Å². The first kappa shape index (κ1) is 23.6. The van der Waals surface area contributed by atoms with Crippen LogP contribution < -0.4 is 5.43 Å². The van der Waals surface area contributed by atoms with Crippen molar-refractivity contribution >= 4 is 28.1 Å². The molecule has 0 aromatic heterocycles. The van der Waals surface area contributed by atoms with Gasteiger partial charge in [-0.05, 0) is 49.6 Å². The van der Waals surface area contributed by atoms with Crippen LogP contribution in [0.4, 0.5) is 0 Å². The molecule has 1 aliphatic rings. The zero-order valence-electron chi connectivity index (χ0n) is 17.9. The van der Waals surface area contributed by atoms with Crippen LogP contribution >= 0.6 is 0 Å². The number of carboxylic acids is 1. The minimum Gasteiger partial charge on any atom is -0.478 e. The lowest BCUT2D eigenvalue weighted by Gasteiger charge is -2.32. The molecule has 0 spiro atoms. The highest BCUT2D eigenvalue weighted by Crippen LogP contribution is 2.27. The smallest absolute Gasteiger partial charge is 0.335 e. The fraction of sp³-hybridized carbons (Fsp3) is 0.348. The number of sulfonamides is 1. The molecular weight excluding hydrogens is 430 g/mol. The van der Waals surface area contributed by atoms with E-state index in [2.05, 4.69) is 10.5 Å². The molecule has 2 aromatic rings. The lowest BCUT2D eigenvalue weighted by Crippen LogP contribution is -2.46. The number of carboxylic acid groups (broad SMARTS) is 1. The summed E-state index contributed by atoms with van der Waals surface area (Å²) >= 11 is 0. The predicted octanol–water partition coefficient (Wildman–Crippen LogP) is 3.17. The molecule has 0 bridgehead atoms. The molecule has 9 heteroatoms. The SMILES string of the molecule is Cc1ccc(S(=O)(=O)N(CC(=O)N/N=C/c2ccc(C(=O)O)cc2)C2CCCCC2)cc1. The lowest BCUT2D eigenvalue weighted by atomic mass is 9.95. The Morgan fingerprint density at radius 3 is 2.28 bits per heavy atom. The Morgan fingerprint density at radius 1 is 1.06 bits per heavy atom. The van der Waals surface area contributed by atoms with E-state index in [-0.39, 0.29) is 23.0 Å². The third-order valence-electron chi connectivity index (χ3n) is 5.47. The van der Waals surface area contributed by atoms with Crippen LogP contribution in [0.1, 0.15) is 53.6 Å². The molecule has 0 aliphatic heterocycles. The maximum Gasteiger partial charge on any atom is 0.335 e. The fourth-order valence-corrected chi connectivity index (χ4v) is 5.33. The standard InChI is InChI=1S/C23H27N3O5S/c1-17-7-13-21(14-8-17)32(30,31)26(20-5-3-2-4-6-20)16-22(27)25-24-15-18-9-11-19(12-10-18)23(28)29/h7-15,20H,2-6,16H2,1H3,(H,25,27)(H,28,29)/b24-15+. The molecule has 170 valence electrons. The van der Waals surface area contributed by atoms with Gasteiger partial charge in [-0.15, -0.1) is 0 Å². The molecule has 2 N–H and O–H groups in total. The second-order valence-electron chi connectivity index (χ2n) is 7.88. The van der Waals surface area contributed by atoms with Crippen LogP contribution in [-0.4, -0.2) is 48.5 Å². The quantitative estimate of drug-likeness (QED) is 0.467. The number of amides is 1. The number of aromatic carboxylic acids is 1. The summed E-state index contributed by atoms with van der Waals surface area (Å²) < 4.78 is 27.9. The van der Waals surface area contributed by atoms with Crippen molar-refractivity contribution < 1.29 is 23.1 Å². The number of aryl methyl sites for hydroxylation is 1. The number of hydrogen-bond acceptors (Lipinski definition) is 5. The van der Waals surface area contributed by atoms with Crippen LogP contribution in [0.5, 0.6) is 0 Å². The maximum absolute atomic E-state index is 13.3. The Hall–Kier alpha value is -3.04. The summed E-state index contributed by atoms with van der Waals surface area (Å²) in [5, 5.41) is 12.8. The average molecular weight is 458 g/mol. The third-order valence-corrected chi connectivity index (χ3v) is 7.38. The molecule has 32 heavy (non-hydrogen) atoms. The van der Waals surface area contributed by atoms with Gasteiger partial charge in [0.15, 0.2) is 0 Å². The lowest BCUT2D eigenvalue weighted by molar-refractivity contribution is -0.121. The van der Waals surface area contributed by atoms with Crippen molar-refractivity contribution in [2.45, 2.75) is 50.0 Å². The normalized spacial score (nSPS) is 15.2. The van der Waals surface area contributed by atoms with Gasteiger partial charge in [0, 0.05) is 6.04 Å². The van der Waals surface area contributed by atoms with Crippen molar-refractivity contribution in [1.29, 1.82) is 0 Å². The van der Waals surface area contributed by atoms with Gasteiger partial charge in [0.2, 0.25) is 10.0 Å². The van der Waals surface area contributed by atoms with E-state index in [1.54, 1.807) is 36.4 Å². The number of hydrazone groups is 1. The summed E-state index contributed by atoms with van der Waals surface area (Å²) in [5.74, 6) is -1.57. The van der Waals surface area contributed by atoms with E-state index in [4.69, 9.17) is 5.11 Å². The fourth-order valence-electron chi connectivity index (χ4n) is 3.69. The molecule has 8 nitrogen and oxygen atoms in total. The van der Waals surface area contributed by atoms with Gasteiger partial charge in [-0.3, -0.25) is 4.79 Å². The highest BCUT2D eigenvalue weighted by atomic mass is 32.2. The molecule has 1 fully saturated rings. The zero-order valence-corrected chi connectivity index (χ0v) is 18.7. The molecule has 0 unspecified atom stereocenters. The topological polar surface area (TPSA) is 116 Å². The summed E-state index contributed by atoms with van der Waals surface area (Å²) in [6, 6.07) is 12.4. The Balaban J connectivity index is 1.72. The highest BCUT2D eigenvalue weighted by molar-refractivity contribution is 7.89. The van der Waals surface area contributed by atoms with Crippen LogP contribution in [0, 0.1) is 6.92 Å². The van der Waals surface area contributed by atoms with Crippen molar-refractivity contribution in [3.63, 3.8) is 0 Å². The Labute approximate surface area is 188 Å². The van der Waals surface area contributed by atoms with Gasteiger partial charge in [-0.1, -0.05) is 49.1 Å². The van der Waals surface area contributed by atoms with Crippen LogP contribution in [0.15, 0.2) is 58.5 Å². The maximum atomic E-state index is 13.3. The minimum absolute atomic E-state index is 0.149. The van der Waals surface area contributed by atoms with Crippen LogP contribution in [0.3, 0.4) is 0 Å². The molecule has 0 radical (unpaired) electrons. The summed E-state index contributed by atoms with van der Waals surface area (Å²) in [7, 11) is -3.84. The summed E-state index contributed by atoms with van der Waals surface area (Å²) in [4.78, 5) is 23.6. The molecule has 0 heterocycles. The largest absolute Gasteiger partial charge is 0.478 e. The second kappa shape index (κ2) is 10.5. The Morgan fingerprint density at radius 2 is 1.69 bits per heavy atom. The first-order valence-corrected chi connectivity index (χ1v) is 11.9. The first-order chi connectivity index (χ1) is 15.3. The third kappa shape index (κ3) is 6.02. The van der Waals surface area contributed by atoms with E-state index in [0.717, 1.165) is 37.7 Å². The van der Waals surface area contributed by atoms with Gasteiger partial charge in [0.1, 0.15) is 0 Å². The van der Waals surface area contributed by atoms with Crippen molar-refractivity contribution in [2.75, 3.05) is 6.54 Å². The summed E-state index contributed by atoms with van der Waals surface area (Å²) in [6.45, 7) is 1.56. The zero-order chi connectivity index (χ0) is 23.1. The first-order valence-electron chi connectivity index (χ1n) is 10.5. The van der Waals surface area contributed by atoms with Crippen LogP contribution in [0.25, 0.3) is 0 Å². The van der Waals surface area contributed by atoms with Gasteiger partial charge >= 0.3 is 5.97 Å². The number of nitrogens with one attached hydrogen (secondary N) is 1. The molecular formula is C23H27N3O5S. The molecule has 1 amide bonds. The molecule has 2 aromatic carbocycles. The molecule has 0 saturated heterocycles. The van der Waals surface area contributed by atoms with Crippen LogP contribution in [-0.2, 0) is 14.8 Å². The van der Waals surface area contributed by atoms with Gasteiger partial charge < -0.3 is 5.11 Å². The van der Waals surface area contributed by atoms with Crippen molar-refractivity contribution in [1.82, 2.24) is 9.73 Å². The molecule has 1 saturated carbocycles. The predicted molar refractivity (Wildman–Crippen MR) is 121 cm³/mol. The van der Waals surface area contributed by atoms with E-state index in [9.17, 15) is 18.0 Å². The molecule has 1 aliphatic carbocycles. The number of carbonyl (C=O) groups excluding carboxylic acids is 1. The Bertz CT molecular complexity index is 1070. The highest BCUT2D eigenvalue weighted by Gasteiger charge is 2.33. The van der Waals surface area contributed by atoms with Crippen molar-refractivity contribution in [2.24, 2.45) is 5.10 Å². The van der Waals surface area contributed by atoms with Crippen molar-refractivity contribution in [3.05, 3.63) is 65.2 Å². The van der Waals surface area contributed by atoms with Gasteiger partial charge in [0.05, 0.1) is 23.2 Å². The monoisotopic (exact) mass is 457 g/mol. The van der Waals surface area contributed by atoms with E-state index < -0.39 is 21.9 Å². The Kier molecular flexibility index (Phi) is 7.76. The van der Waals surface area contributed by atoms with Gasteiger partial charge in [-0.25, -0.2) is 18.6 Å². The van der Waals surface area contributed by atoms with E-state index in [1.807, 2.05) is 6.92 Å². The molecule has 3 rings (SSSR count). The van der Waals surface area contributed by atoms with Crippen LogP contribution in [0.2, 0.25) is 0 Å². The van der Waals surface area contributed by atoms with E-state index in [0.29, 0.717) is 5.56 Å². The van der Waals surface area contributed by atoms with Crippen molar-refractivity contribution in [3.8, 4) is 0 Å². The average Bonchev–Trinajstić information content (AvgIpc) is 2.78. The number of carbonyl (C=O) groups is 2. The summed E-state index contributed by atoms with van der Waals surface area (Å²) in [6.07, 6.45) is 5.73. The van der Waals surface area contributed by atoms with E-state index >= 15 is 0 Å². The second-order valence-corrected chi connectivity index (χ2v) is 9.77. The molecule has 0 atom stereocenters. The number of benzene rings is 2. The minimum atomic E-state index is -3.84. The number of hydrogen-bond donors (Lipinski definition) is 2. The van der Waals surface area contributed by atoms with Gasteiger partial charge in [0.25, 0.3) is 5.91 Å². The number of nitrogens with zero attached hydrogens (tertiary/aromatic N) is 2. The summed E-state index contributed by atoms with van der Waals surface area (Å²) in [5.41, 5.74) is 4.09.